The molecule has 7 heteroatoms. The second kappa shape index (κ2) is 4.63. The van der Waals surface area contributed by atoms with Gasteiger partial charge in [0.2, 0.25) is 0 Å². The average Bonchev–Trinajstić information content (AvgIpc) is 2.26. The van der Waals surface area contributed by atoms with E-state index in [1.165, 1.54) is 6.07 Å². The number of carboxylic acid groups (broad SMARTS) is 1. The molecule has 0 fully saturated rings. The van der Waals surface area contributed by atoms with E-state index in [1.54, 1.807) is 0 Å². The van der Waals surface area contributed by atoms with Gasteiger partial charge in [0.1, 0.15) is 11.8 Å². The van der Waals surface area contributed by atoms with Crippen molar-refractivity contribution in [1.29, 1.82) is 5.26 Å². The van der Waals surface area contributed by atoms with Crippen molar-refractivity contribution in [3.63, 3.8) is 0 Å². The minimum Gasteiger partial charge on any atom is -0.478 e. The van der Waals surface area contributed by atoms with E-state index in [0.29, 0.717) is 0 Å². The first-order valence-electron chi connectivity index (χ1n) is 4.16. The first-order valence-corrected chi connectivity index (χ1v) is 4.16. The lowest BCUT2D eigenvalue weighted by Gasteiger charge is -2.07. The summed E-state index contributed by atoms with van der Waals surface area (Å²) in [5, 5.41) is 17.3. The molecule has 1 heterocycles. The summed E-state index contributed by atoms with van der Waals surface area (Å²) in [6.45, 7) is -0.236. The van der Waals surface area contributed by atoms with E-state index < -0.39 is 29.2 Å². The molecule has 16 heavy (non-hydrogen) atoms. The van der Waals surface area contributed by atoms with Crippen LogP contribution in [0.25, 0.3) is 0 Å². The van der Waals surface area contributed by atoms with Crippen LogP contribution >= 0.6 is 0 Å². The van der Waals surface area contributed by atoms with Gasteiger partial charge in [-0.25, -0.2) is 18.6 Å². The largest absolute Gasteiger partial charge is 0.478 e. The summed E-state index contributed by atoms with van der Waals surface area (Å²) < 4.78 is 25.0. The Morgan fingerprint density at radius 1 is 1.69 bits per heavy atom. The van der Waals surface area contributed by atoms with Crippen LogP contribution in [0.5, 0.6) is 0 Å². The second-order valence-corrected chi connectivity index (χ2v) is 2.84. The van der Waals surface area contributed by atoms with Crippen molar-refractivity contribution in [3.05, 3.63) is 28.6 Å². The molecular weight excluding hydrogens is 220 g/mol. The van der Waals surface area contributed by atoms with Crippen molar-refractivity contribution in [1.82, 2.24) is 4.98 Å². The molecule has 0 aliphatic rings. The van der Waals surface area contributed by atoms with Gasteiger partial charge >= 0.3 is 5.97 Å². The summed E-state index contributed by atoms with van der Waals surface area (Å²) in [5.41, 5.74) is 3.52. The summed E-state index contributed by atoms with van der Waals surface area (Å²) in [5.74, 6) is -1.40. The SMILES string of the molecule is N#Cc1nc(CN)c(C(=O)O)cc1C(F)F. The van der Waals surface area contributed by atoms with Gasteiger partial charge in [-0.05, 0) is 6.07 Å². The van der Waals surface area contributed by atoms with Crippen LogP contribution in [0.15, 0.2) is 6.07 Å². The summed E-state index contributed by atoms with van der Waals surface area (Å²) >= 11 is 0. The molecule has 0 unspecified atom stereocenters. The van der Waals surface area contributed by atoms with Gasteiger partial charge in [0.05, 0.1) is 16.8 Å². The maximum absolute atomic E-state index is 12.5. The standard InChI is InChI=1S/C9H7F2N3O2/c10-8(11)4-1-5(9(15)16)7(3-13)14-6(4)2-12/h1,8H,3,13H2,(H,15,16). The molecule has 5 nitrogen and oxygen atoms in total. The number of aromatic carboxylic acids is 1. The van der Waals surface area contributed by atoms with E-state index in [1.807, 2.05) is 0 Å². The monoisotopic (exact) mass is 227 g/mol. The van der Waals surface area contributed by atoms with Gasteiger partial charge in [-0.2, -0.15) is 5.26 Å². The maximum atomic E-state index is 12.5. The smallest absolute Gasteiger partial charge is 0.337 e. The lowest BCUT2D eigenvalue weighted by Crippen LogP contribution is -2.12. The molecule has 0 atom stereocenters. The van der Waals surface area contributed by atoms with E-state index in [9.17, 15) is 13.6 Å². The Morgan fingerprint density at radius 2 is 2.31 bits per heavy atom. The minimum absolute atomic E-state index is 0.0894. The number of hydrogen-bond donors (Lipinski definition) is 2. The van der Waals surface area contributed by atoms with Crippen LogP contribution in [-0.4, -0.2) is 16.1 Å². The van der Waals surface area contributed by atoms with E-state index in [4.69, 9.17) is 16.1 Å². The molecule has 0 saturated heterocycles. The van der Waals surface area contributed by atoms with E-state index in [-0.39, 0.29) is 12.2 Å². The second-order valence-electron chi connectivity index (χ2n) is 2.84. The number of nitrogens with two attached hydrogens (primary N) is 1. The number of nitrogens with zero attached hydrogens (tertiary/aromatic N) is 2. The Balaban J connectivity index is 3.48. The molecule has 0 aromatic carbocycles. The van der Waals surface area contributed by atoms with Crippen molar-refractivity contribution in [2.75, 3.05) is 0 Å². The third kappa shape index (κ3) is 2.12. The number of rotatable bonds is 3. The van der Waals surface area contributed by atoms with Crippen molar-refractivity contribution >= 4 is 5.97 Å². The molecular formula is C9H7F2N3O2. The predicted octanol–water partition coefficient (Wildman–Crippen LogP) is 1.05. The van der Waals surface area contributed by atoms with Gasteiger partial charge in [0.15, 0.2) is 0 Å². The molecule has 0 bridgehead atoms. The number of halogens is 2. The first kappa shape index (κ1) is 12.0. The molecule has 1 aromatic heterocycles. The van der Waals surface area contributed by atoms with Crippen molar-refractivity contribution in [2.24, 2.45) is 5.73 Å². The maximum Gasteiger partial charge on any atom is 0.337 e. The lowest BCUT2D eigenvalue weighted by molar-refractivity contribution is 0.0694. The highest BCUT2D eigenvalue weighted by Crippen LogP contribution is 2.23. The van der Waals surface area contributed by atoms with Crippen LogP contribution in [0.2, 0.25) is 0 Å². The highest BCUT2D eigenvalue weighted by atomic mass is 19.3. The fourth-order valence-electron chi connectivity index (χ4n) is 1.16. The minimum atomic E-state index is -2.95. The van der Waals surface area contributed by atoms with Gasteiger partial charge in [-0.15, -0.1) is 0 Å². The summed E-state index contributed by atoms with van der Waals surface area (Å²) in [7, 11) is 0. The molecule has 3 N–H and O–H groups in total. The highest BCUT2D eigenvalue weighted by molar-refractivity contribution is 5.89. The summed E-state index contributed by atoms with van der Waals surface area (Å²) in [6, 6.07) is 2.22. The molecule has 0 radical (unpaired) electrons. The van der Waals surface area contributed by atoms with Gasteiger partial charge in [-0.3, -0.25) is 0 Å². The number of pyridine rings is 1. The van der Waals surface area contributed by atoms with Crippen LogP contribution in [0.1, 0.15) is 33.7 Å². The molecule has 0 saturated carbocycles. The van der Waals surface area contributed by atoms with Crippen LogP contribution < -0.4 is 5.73 Å². The quantitative estimate of drug-likeness (QED) is 0.803. The predicted molar refractivity (Wildman–Crippen MR) is 48.8 cm³/mol. The number of carbonyl (C=O) groups is 1. The fourth-order valence-corrected chi connectivity index (χ4v) is 1.16. The van der Waals surface area contributed by atoms with E-state index in [0.717, 1.165) is 6.07 Å². The Morgan fingerprint density at radius 3 is 2.69 bits per heavy atom. The first-order chi connectivity index (χ1) is 7.51. The molecule has 0 aliphatic heterocycles. The zero-order chi connectivity index (χ0) is 12.3. The summed E-state index contributed by atoms with van der Waals surface area (Å²) in [6.07, 6.45) is -2.95. The van der Waals surface area contributed by atoms with Gasteiger partial charge in [0, 0.05) is 6.54 Å². The molecule has 1 rings (SSSR count). The molecule has 0 spiro atoms. The van der Waals surface area contributed by atoms with Crippen molar-refractivity contribution in [2.45, 2.75) is 13.0 Å². The Kier molecular flexibility index (Phi) is 3.48. The Labute approximate surface area is 89.1 Å². The topological polar surface area (TPSA) is 100 Å². The van der Waals surface area contributed by atoms with Crippen molar-refractivity contribution < 1.29 is 18.7 Å². The number of alkyl halides is 2. The third-order valence-corrected chi connectivity index (χ3v) is 1.90. The van der Waals surface area contributed by atoms with Gasteiger partial charge < -0.3 is 10.8 Å². The van der Waals surface area contributed by atoms with Crippen LogP contribution in [0.4, 0.5) is 8.78 Å². The van der Waals surface area contributed by atoms with Gasteiger partial charge in [0.25, 0.3) is 6.43 Å². The molecule has 1 aromatic rings. The zero-order valence-corrected chi connectivity index (χ0v) is 7.94. The number of nitriles is 1. The lowest BCUT2D eigenvalue weighted by atomic mass is 10.1. The van der Waals surface area contributed by atoms with E-state index >= 15 is 0 Å². The Bertz CT molecular complexity index is 469. The third-order valence-electron chi connectivity index (χ3n) is 1.90. The fraction of sp³-hybridized carbons (Fsp3) is 0.222. The van der Waals surface area contributed by atoms with Crippen molar-refractivity contribution in [3.8, 4) is 6.07 Å². The van der Waals surface area contributed by atoms with Crippen LogP contribution in [-0.2, 0) is 6.54 Å². The number of hydrogen-bond acceptors (Lipinski definition) is 4. The normalized spacial score (nSPS) is 10.2. The molecule has 0 aliphatic carbocycles. The van der Waals surface area contributed by atoms with Crippen LogP contribution in [0.3, 0.4) is 0 Å². The van der Waals surface area contributed by atoms with E-state index in [2.05, 4.69) is 4.98 Å². The zero-order valence-electron chi connectivity index (χ0n) is 7.94. The molecule has 0 amide bonds. The number of aromatic nitrogens is 1. The summed E-state index contributed by atoms with van der Waals surface area (Å²) in [4.78, 5) is 14.2. The average molecular weight is 227 g/mol. The molecule has 84 valence electrons. The highest BCUT2D eigenvalue weighted by Gasteiger charge is 2.20. The number of carboxylic acids is 1. The van der Waals surface area contributed by atoms with Gasteiger partial charge in [-0.1, -0.05) is 0 Å². The Hall–Kier alpha value is -2.07. The van der Waals surface area contributed by atoms with Crippen LogP contribution in [0, 0.1) is 11.3 Å².